The molecular weight excluding hydrogens is 271 g/mol. The molecule has 1 aromatic carbocycles. The van der Waals surface area contributed by atoms with E-state index in [1.807, 2.05) is 18.2 Å². The van der Waals surface area contributed by atoms with Crippen molar-refractivity contribution < 1.29 is 22.7 Å². The molecule has 0 aliphatic carbocycles. The van der Waals surface area contributed by atoms with Crippen molar-refractivity contribution in [2.45, 2.75) is 32.5 Å². The van der Waals surface area contributed by atoms with Gasteiger partial charge in [-0.05, 0) is 18.9 Å². The van der Waals surface area contributed by atoms with Crippen LogP contribution >= 0.6 is 0 Å². The third kappa shape index (κ3) is 7.45. The van der Waals surface area contributed by atoms with Crippen LogP contribution in [0.1, 0.15) is 25.3 Å². The summed E-state index contributed by atoms with van der Waals surface area (Å²) in [5.41, 5.74) is 1.17. The van der Waals surface area contributed by atoms with Crippen molar-refractivity contribution in [2.24, 2.45) is 0 Å². The maximum absolute atomic E-state index is 11.9. The number of alkyl halides is 3. The zero-order valence-electron chi connectivity index (χ0n) is 11.0. The van der Waals surface area contributed by atoms with E-state index in [1.165, 1.54) is 13.0 Å². The number of carbonyl (C=O) groups excluding carboxylic acids is 1. The Kier molecular flexibility index (Phi) is 6.09. The highest BCUT2D eigenvalue weighted by Crippen LogP contribution is 2.21. The van der Waals surface area contributed by atoms with Gasteiger partial charge in [-0.15, -0.1) is 0 Å². The molecule has 0 aromatic heterocycles. The number of rotatable bonds is 5. The molecule has 0 radical (unpaired) electrons. The van der Waals surface area contributed by atoms with Crippen molar-refractivity contribution in [3.05, 3.63) is 47.7 Å². The van der Waals surface area contributed by atoms with Crippen LogP contribution in [0.25, 0.3) is 0 Å². The summed E-state index contributed by atoms with van der Waals surface area (Å²) in [7, 11) is 0. The van der Waals surface area contributed by atoms with Crippen molar-refractivity contribution >= 4 is 6.09 Å². The molecule has 0 aliphatic heterocycles. The fourth-order valence-electron chi connectivity index (χ4n) is 1.42. The molecule has 0 saturated carbocycles. The second kappa shape index (κ2) is 7.57. The molecule has 1 rings (SSSR count). The molecule has 20 heavy (non-hydrogen) atoms. The maximum atomic E-state index is 11.9. The summed E-state index contributed by atoms with van der Waals surface area (Å²) in [6.45, 7) is 1.63. The fourth-order valence-corrected chi connectivity index (χ4v) is 1.42. The van der Waals surface area contributed by atoms with Gasteiger partial charge in [-0.2, -0.15) is 13.2 Å². The summed E-state index contributed by atoms with van der Waals surface area (Å²) < 4.78 is 40.7. The highest BCUT2D eigenvalue weighted by Gasteiger charge is 2.25. The standard InChI is InChI=1S/C14H16F3NO2/c1-11(6-5-9-14(15,16)17)18-13(19)20-10-12-7-3-2-4-8-12/h2-4,6-8H,5,9-10H2,1H3,(H,18,19)/b11-6+. The van der Waals surface area contributed by atoms with Gasteiger partial charge in [0, 0.05) is 12.1 Å². The number of nitrogens with one attached hydrogen (secondary N) is 1. The molecule has 3 nitrogen and oxygen atoms in total. The first kappa shape index (κ1) is 16.1. The Hall–Kier alpha value is -1.98. The second-order valence-corrected chi connectivity index (χ2v) is 4.23. The summed E-state index contributed by atoms with van der Waals surface area (Å²) in [5.74, 6) is 0. The number of benzene rings is 1. The zero-order chi connectivity index (χ0) is 15.0. The fraction of sp³-hybridized carbons (Fsp3) is 0.357. The molecular formula is C14H16F3NO2. The van der Waals surface area contributed by atoms with Crippen LogP contribution in [0.5, 0.6) is 0 Å². The Balaban J connectivity index is 2.29. The average molecular weight is 287 g/mol. The van der Waals surface area contributed by atoms with Crippen molar-refractivity contribution in [1.82, 2.24) is 5.32 Å². The van der Waals surface area contributed by atoms with Crippen molar-refractivity contribution in [3.63, 3.8) is 0 Å². The number of allylic oxidation sites excluding steroid dienone is 2. The Morgan fingerprint density at radius 2 is 1.95 bits per heavy atom. The smallest absolute Gasteiger partial charge is 0.411 e. The lowest BCUT2D eigenvalue weighted by Crippen LogP contribution is -2.22. The number of hydrogen-bond donors (Lipinski definition) is 1. The van der Waals surface area contributed by atoms with Gasteiger partial charge in [0.2, 0.25) is 0 Å². The maximum Gasteiger partial charge on any atom is 0.411 e. The molecule has 1 N–H and O–H groups in total. The first-order chi connectivity index (χ1) is 9.37. The summed E-state index contributed by atoms with van der Waals surface area (Å²) in [6, 6.07) is 9.09. The van der Waals surface area contributed by atoms with Gasteiger partial charge in [0.25, 0.3) is 0 Å². The molecule has 0 heterocycles. The molecule has 0 bridgehead atoms. The second-order valence-electron chi connectivity index (χ2n) is 4.23. The van der Waals surface area contributed by atoms with E-state index in [2.05, 4.69) is 5.32 Å². The third-order valence-corrected chi connectivity index (χ3v) is 2.39. The largest absolute Gasteiger partial charge is 0.444 e. The molecule has 0 fully saturated rings. The molecule has 0 unspecified atom stereocenters. The topological polar surface area (TPSA) is 38.3 Å². The van der Waals surface area contributed by atoms with Crippen LogP contribution < -0.4 is 5.32 Å². The Morgan fingerprint density at radius 3 is 2.55 bits per heavy atom. The minimum atomic E-state index is -4.19. The SMILES string of the molecule is C/C(=C\CCC(F)(F)F)NC(=O)OCc1ccccc1. The number of carbonyl (C=O) groups is 1. The van der Waals surface area contributed by atoms with Crippen molar-refractivity contribution in [2.75, 3.05) is 0 Å². The monoisotopic (exact) mass is 287 g/mol. The Morgan fingerprint density at radius 1 is 1.30 bits per heavy atom. The highest BCUT2D eigenvalue weighted by atomic mass is 19.4. The first-order valence-corrected chi connectivity index (χ1v) is 6.08. The van der Waals surface area contributed by atoms with Crippen LogP contribution in [0.3, 0.4) is 0 Å². The lowest BCUT2D eigenvalue weighted by Gasteiger charge is -2.08. The van der Waals surface area contributed by atoms with Crippen LogP contribution in [-0.2, 0) is 11.3 Å². The molecule has 6 heteroatoms. The van der Waals surface area contributed by atoms with E-state index < -0.39 is 18.7 Å². The van der Waals surface area contributed by atoms with Gasteiger partial charge in [-0.1, -0.05) is 36.4 Å². The van der Waals surface area contributed by atoms with E-state index >= 15 is 0 Å². The minimum Gasteiger partial charge on any atom is -0.444 e. The van der Waals surface area contributed by atoms with Gasteiger partial charge in [0.1, 0.15) is 6.61 Å². The van der Waals surface area contributed by atoms with Crippen LogP contribution in [0.15, 0.2) is 42.1 Å². The molecule has 1 amide bonds. The van der Waals surface area contributed by atoms with E-state index in [9.17, 15) is 18.0 Å². The van der Waals surface area contributed by atoms with Crippen molar-refractivity contribution in [3.8, 4) is 0 Å². The summed E-state index contributed by atoms with van der Waals surface area (Å²) in [6.07, 6.45) is -4.64. The normalized spacial score (nSPS) is 12.1. The van der Waals surface area contributed by atoms with E-state index in [-0.39, 0.29) is 13.0 Å². The lowest BCUT2D eigenvalue weighted by atomic mass is 10.2. The van der Waals surface area contributed by atoms with E-state index in [0.29, 0.717) is 5.70 Å². The average Bonchev–Trinajstić information content (AvgIpc) is 2.36. The quantitative estimate of drug-likeness (QED) is 0.883. The van der Waals surface area contributed by atoms with Gasteiger partial charge in [-0.3, -0.25) is 5.32 Å². The van der Waals surface area contributed by atoms with Gasteiger partial charge in [0.15, 0.2) is 0 Å². The summed E-state index contributed by atoms with van der Waals surface area (Å²) in [5, 5.41) is 2.37. The minimum absolute atomic E-state index is 0.114. The molecule has 0 aliphatic rings. The van der Waals surface area contributed by atoms with E-state index in [1.54, 1.807) is 12.1 Å². The van der Waals surface area contributed by atoms with Gasteiger partial charge in [-0.25, -0.2) is 4.79 Å². The molecule has 0 saturated heterocycles. The predicted octanol–water partition coefficient (Wildman–Crippen LogP) is 4.16. The van der Waals surface area contributed by atoms with Crippen LogP contribution in [-0.4, -0.2) is 12.3 Å². The molecule has 0 spiro atoms. The van der Waals surface area contributed by atoms with Gasteiger partial charge >= 0.3 is 12.3 Å². The summed E-state index contributed by atoms with van der Waals surface area (Å²) in [4.78, 5) is 11.4. The third-order valence-electron chi connectivity index (χ3n) is 2.39. The Labute approximate surface area is 115 Å². The first-order valence-electron chi connectivity index (χ1n) is 6.08. The van der Waals surface area contributed by atoms with Crippen molar-refractivity contribution in [1.29, 1.82) is 0 Å². The van der Waals surface area contributed by atoms with Gasteiger partial charge < -0.3 is 4.74 Å². The van der Waals surface area contributed by atoms with Crippen LogP contribution in [0.2, 0.25) is 0 Å². The number of amides is 1. The highest BCUT2D eigenvalue weighted by molar-refractivity contribution is 5.69. The molecule has 110 valence electrons. The zero-order valence-corrected chi connectivity index (χ0v) is 11.0. The Bertz CT molecular complexity index is 455. The molecule has 1 aromatic rings. The van der Waals surface area contributed by atoms with Crippen LogP contribution in [0, 0.1) is 0 Å². The number of halogens is 3. The number of alkyl carbamates (subject to hydrolysis) is 1. The summed E-state index contributed by atoms with van der Waals surface area (Å²) >= 11 is 0. The number of ether oxygens (including phenoxy) is 1. The van der Waals surface area contributed by atoms with Crippen LogP contribution in [0.4, 0.5) is 18.0 Å². The van der Waals surface area contributed by atoms with E-state index in [0.717, 1.165) is 5.56 Å². The predicted molar refractivity (Wildman–Crippen MR) is 68.8 cm³/mol. The molecule has 0 atom stereocenters. The van der Waals surface area contributed by atoms with Gasteiger partial charge in [0.05, 0.1) is 0 Å². The lowest BCUT2D eigenvalue weighted by molar-refractivity contribution is -0.133. The van der Waals surface area contributed by atoms with E-state index in [4.69, 9.17) is 4.74 Å². The number of hydrogen-bond acceptors (Lipinski definition) is 2.